The van der Waals surface area contributed by atoms with Gasteiger partial charge in [0.15, 0.2) is 0 Å². The Morgan fingerprint density at radius 1 is 0.600 bits per heavy atom. The fraction of sp³-hybridized carbons (Fsp3) is 0.0400. The van der Waals surface area contributed by atoms with Crippen LogP contribution < -0.4 is 21.2 Å². The molecule has 4 aromatic carbocycles. The van der Waals surface area contributed by atoms with Crippen molar-refractivity contribution < 1.29 is 0 Å². The summed E-state index contributed by atoms with van der Waals surface area (Å²) in [6, 6.07) is 44.8. The van der Waals surface area contributed by atoms with Crippen LogP contribution in [0.2, 0.25) is 0 Å². The number of halogens is 1. The fourth-order valence-electron chi connectivity index (χ4n) is 3.68. The van der Waals surface area contributed by atoms with E-state index in [2.05, 4.69) is 157 Å². The van der Waals surface area contributed by atoms with E-state index in [-0.39, 0.29) is 0 Å². The first-order chi connectivity index (χ1) is 14.7. The van der Waals surface area contributed by atoms with E-state index in [1.54, 1.807) is 0 Å². The number of hydrogen-bond acceptors (Lipinski definition) is 0. The molecule has 0 N–H and O–H groups in total. The zero-order valence-corrected chi connectivity index (χ0v) is 23.7. The Morgan fingerprint density at radius 2 is 0.933 bits per heavy atom. The van der Waals surface area contributed by atoms with E-state index in [1.807, 2.05) is 0 Å². The van der Waals surface area contributed by atoms with E-state index in [9.17, 15) is 0 Å². The van der Waals surface area contributed by atoms with Gasteiger partial charge in [0.05, 0.1) is 0 Å². The van der Waals surface area contributed by atoms with Crippen LogP contribution in [0.1, 0.15) is 0 Å². The van der Waals surface area contributed by atoms with Crippen LogP contribution in [0.25, 0.3) is 0 Å². The summed E-state index contributed by atoms with van der Waals surface area (Å²) in [6.45, 7) is 0. The summed E-state index contributed by atoms with van der Waals surface area (Å²) in [7, 11) is 0. The van der Waals surface area contributed by atoms with E-state index in [0.29, 0.717) is 11.3 Å². The van der Waals surface area contributed by atoms with Crippen LogP contribution in [0.15, 0.2) is 121 Å². The van der Waals surface area contributed by atoms with Gasteiger partial charge < -0.3 is 0 Å². The van der Waals surface area contributed by atoms with Gasteiger partial charge in [-0.1, -0.05) is 0 Å². The molecule has 0 spiro atoms. The topological polar surface area (TPSA) is 0 Å². The summed E-state index contributed by atoms with van der Waals surface area (Å²) in [5.41, 5.74) is -1.71. The van der Waals surface area contributed by atoms with Gasteiger partial charge in [-0.15, -0.1) is 0 Å². The van der Waals surface area contributed by atoms with Gasteiger partial charge in [-0.25, -0.2) is 0 Å². The van der Waals surface area contributed by atoms with Gasteiger partial charge in [0.25, 0.3) is 0 Å². The molecule has 0 amide bonds. The summed E-state index contributed by atoms with van der Waals surface area (Å²) < 4.78 is 0. The summed E-state index contributed by atoms with van der Waals surface area (Å²) >= 11 is 6.95. The predicted molar refractivity (Wildman–Crippen MR) is 149 cm³/mol. The van der Waals surface area contributed by atoms with Crippen molar-refractivity contribution in [2.45, 2.75) is 0 Å². The molecule has 0 aliphatic carbocycles. The zero-order chi connectivity index (χ0) is 20.9. The van der Waals surface area contributed by atoms with Crippen molar-refractivity contribution in [2.75, 3.05) is 5.90 Å². The SMILES string of the molecule is [Se]=P(C[P+]([Se]I)(c1ccccc1)c1ccccc1)(c1ccccc1)c1ccccc1. The Morgan fingerprint density at radius 3 is 1.27 bits per heavy atom. The third kappa shape index (κ3) is 4.65. The van der Waals surface area contributed by atoms with Gasteiger partial charge in [-0.2, -0.15) is 0 Å². The van der Waals surface area contributed by atoms with Crippen LogP contribution in [0.5, 0.6) is 0 Å². The molecule has 0 aliphatic heterocycles. The summed E-state index contributed by atoms with van der Waals surface area (Å²) in [5, 5.41) is 5.95. The second-order valence-electron chi connectivity index (χ2n) is 7.03. The monoisotopic (exact) mass is 671 g/mol. The molecular formula is C25H22IP2Se2+. The molecule has 4 rings (SSSR count). The van der Waals surface area contributed by atoms with Gasteiger partial charge in [0.1, 0.15) is 0 Å². The molecule has 5 heteroatoms. The Labute approximate surface area is 205 Å². The van der Waals surface area contributed by atoms with Crippen molar-refractivity contribution in [1.82, 2.24) is 0 Å². The first-order valence-corrected chi connectivity index (χ1v) is 23.3. The first kappa shape index (κ1) is 22.7. The van der Waals surface area contributed by atoms with E-state index >= 15 is 0 Å². The molecule has 0 aromatic heterocycles. The maximum atomic E-state index is 3.80. The molecule has 0 unspecified atom stereocenters. The molecule has 0 heterocycles. The Bertz CT molecular complexity index is 1040. The number of rotatable bonds is 7. The average Bonchev–Trinajstić information content (AvgIpc) is 2.85. The molecule has 0 bridgehead atoms. The number of hydrogen-bond donors (Lipinski definition) is 0. The Kier molecular flexibility index (Phi) is 7.88. The molecule has 0 saturated heterocycles. The molecule has 0 nitrogen and oxygen atoms in total. The van der Waals surface area contributed by atoms with Crippen LogP contribution in [0, 0.1) is 0 Å². The van der Waals surface area contributed by atoms with E-state index in [0.717, 1.165) is 0 Å². The fourth-order valence-corrected chi connectivity index (χ4v) is 39.8. The average molecular weight is 669 g/mol. The van der Waals surface area contributed by atoms with Crippen LogP contribution in [-0.2, 0) is 0 Å². The normalized spacial score (nSPS) is 11.9. The van der Waals surface area contributed by atoms with Crippen molar-refractivity contribution >= 4 is 79.4 Å². The van der Waals surface area contributed by atoms with Crippen LogP contribution >= 0.6 is 31.8 Å². The Balaban J connectivity index is 1.96. The van der Waals surface area contributed by atoms with Crippen LogP contribution in [0.3, 0.4) is 0 Å². The summed E-state index contributed by atoms with van der Waals surface area (Å²) in [4.78, 5) is 0. The third-order valence-corrected chi connectivity index (χ3v) is 34.8. The minimum absolute atomic E-state index is 0.451. The number of benzene rings is 4. The molecule has 0 radical (unpaired) electrons. The first-order valence-electron chi connectivity index (χ1n) is 9.69. The van der Waals surface area contributed by atoms with Crippen molar-refractivity contribution in [1.29, 1.82) is 0 Å². The van der Waals surface area contributed by atoms with Gasteiger partial charge in [0.2, 0.25) is 0 Å². The van der Waals surface area contributed by atoms with Crippen LogP contribution in [-0.4, -0.2) is 32.3 Å². The van der Waals surface area contributed by atoms with Gasteiger partial charge in [-0.05, 0) is 0 Å². The third-order valence-electron chi connectivity index (χ3n) is 5.21. The second kappa shape index (κ2) is 10.4. The summed E-state index contributed by atoms with van der Waals surface area (Å²) in [5.74, 6) is -0.381. The van der Waals surface area contributed by atoms with Crippen LogP contribution in [0.4, 0.5) is 0 Å². The second-order valence-corrected chi connectivity index (χ2v) is 28.2. The maximum absolute atomic E-state index is 3.80. The quantitative estimate of drug-likeness (QED) is 0.142. The van der Waals surface area contributed by atoms with Crippen molar-refractivity contribution in [3.63, 3.8) is 0 Å². The summed E-state index contributed by atoms with van der Waals surface area (Å²) in [6.07, 6.45) is 0. The molecule has 30 heavy (non-hydrogen) atoms. The Hall–Kier alpha value is -0.491. The molecule has 0 atom stereocenters. The van der Waals surface area contributed by atoms with Gasteiger partial charge >= 0.3 is 207 Å². The molecule has 0 saturated carbocycles. The van der Waals surface area contributed by atoms with E-state index in [4.69, 9.17) is 0 Å². The zero-order valence-electron chi connectivity index (χ0n) is 16.3. The van der Waals surface area contributed by atoms with Gasteiger partial charge in [0, 0.05) is 0 Å². The molecule has 0 aliphatic rings. The van der Waals surface area contributed by atoms with E-state index in [1.165, 1.54) is 27.1 Å². The molecule has 150 valence electrons. The van der Waals surface area contributed by atoms with Gasteiger partial charge in [-0.3, -0.25) is 0 Å². The predicted octanol–water partition coefficient (Wildman–Crippen LogP) is 5.33. The van der Waals surface area contributed by atoms with E-state index < -0.39 is 11.5 Å². The van der Waals surface area contributed by atoms with Crippen molar-refractivity contribution in [2.24, 2.45) is 0 Å². The van der Waals surface area contributed by atoms with Crippen molar-refractivity contribution in [3.8, 4) is 0 Å². The molecular weight excluding hydrogens is 647 g/mol. The molecule has 4 aromatic rings. The van der Waals surface area contributed by atoms with Crippen molar-refractivity contribution in [3.05, 3.63) is 121 Å². The minimum atomic E-state index is -1.71. The molecule has 0 fully saturated rings. The standard InChI is InChI=1S/C25H22IP2Se2/c26-30-28(24-17-9-3-10-18-24,25-19-11-4-12-20-25)21-27(29,22-13-5-1-6-14-22)23-15-7-2-8-16-23/h1-20H,21H2/q+1.